The van der Waals surface area contributed by atoms with Crippen molar-refractivity contribution in [1.82, 2.24) is 9.80 Å². The zero-order valence-corrected chi connectivity index (χ0v) is 18.3. The molecule has 1 heterocycles. The third kappa shape index (κ3) is 5.89. The molecule has 160 valence electrons. The predicted molar refractivity (Wildman–Crippen MR) is 116 cm³/mol. The molecule has 1 saturated heterocycles. The van der Waals surface area contributed by atoms with Gasteiger partial charge in [-0.2, -0.15) is 0 Å². The molecule has 2 aromatic carbocycles. The van der Waals surface area contributed by atoms with Crippen molar-refractivity contribution in [3.8, 4) is 5.75 Å². The normalized spacial score (nSPS) is 14.4. The van der Waals surface area contributed by atoms with Crippen LogP contribution in [-0.2, 0) is 11.3 Å². The maximum Gasteiger partial charge on any atom is 0.410 e. The summed E-state index contributed by atoms with van der Waals surface area (Å²) in [5.41, 5.74) is 0.939. The molecule has 1 aliphatic rings. The molecule has 0 atom stereocenters. The van der Waals surface area contributed by atoms with Gasteiger partial charge >= 0.3 is 6.09 Å². The van der Waals surface area contributed by atoms with Crippen LogP contribution in [0.5, 0.6) is 5.75 Å². The summed E-state index contributed by atoms with van der Waals surface area (Å²) in [5, 5.41) is 0.667. The second-order valence-corrected chi connectivity index (χ2v) is 8.61. The Kier molecular flexibility index (Phi) is 6.87. The van der Waals surface area contributed by atoms with Gasteiger partial charge in [0.1, 0.15) is 18.0 Å². The molecular formula is C23H27ClN2O4. The monoisotopic (exact) mass is 430 g/mol. The van der Waals surface area contributed by atoms with Gasteiger partial charge in [-0.1, -0.05) is 35.9 Å². The van der Waals surface area contributed by atoms with Gasteiger partial charge in [-0.15, -0.1) is 0 Å². The minimum absolute atomic E-state index is 0.106. The van der Waals surface area contributed by atoms with Crippen molar-refractivity contribution >= 4 is 23.6 Å². The molecule has 2 aromatic rings. The van der Waals surface area contributed by atoms with E-state index >= 15 is 0 Å². The van der Waals surface area contributed by atoms with Crippen LogP contribution in [0.2, 0.25) is 5.02 Å². The fourth-order valence-corrected chi connectivity index (χ4v) is 3.23. The number of carbonyl (C=O) groups excluding carboxylic acids is 2. The maximum absolute atomic E-state index is 13.1. The lowest BCUT2D eigenvalue weighted by Crippen LogP contribution is -2.51. The van der Waals surface area contributed by atoms with Crippen LogP contribution in [0.25, 0.3) is 0 Å². The molecule has 0 aromatic heterocycles. The first-order chi connectivity index (χ1) is 14.2. The Labute approximate surface area is 182 Å². The van der Waals surface area contributed by atoms with Crippen LogP contribution in [-0.4, -0.2) is 53.6 Å². The molecular weight excluding hydrogens is 404 g/mol. The van der Waals surface area contributed by atoms with Crippen molar-refractivity contribution in [3.05, 3.63) is 64.7 Å². The second kappa shape index (κ2) is 9.39. The Balaban J connectivity index is 1.61. The molecule has 0 radical (unpaired) electrons. The Morgan fingerprint density at radius 3 is 2.17 bits per heavy atom. The molecule has 0 saturated carbocycles. The lowest BCUT2D eigenvalue weighted by molar-refractivity contribution is 0.0140. The van der Waals surface area contributed by atoms with Gasteiger partial charge in [0.15, 0.2) is 0 Å². The van der Waals surface area contributed by atoms with Gasteiger partial charge in [0, 0.05) is 31.2 Å². The van der Waals surface area contributed by atoms with E-state index in [1.54, 1.807) is 21.9 Å². The lowest BCUT2D eigenvalue weighted by Gasteiger charge is -2.35. The first kappa shape index (κ1) is 22.0. The summed E-state index contributed by atoms with van der Waals surface area (Å²) in [6.45, 7) is 7.63. The summed E-state index contributed by atoms with van der Waals surface area (Å²) in [5.74, 6) is 0.428. The molecule has 0 aliphatic carbocycles. The van der Waals surface area contributed by atoms with E-state index in [2.05, 4.69) is 0 Å². The molecule has 30 heavy (non-hydrogen) atoms. The SMILES string of the molecule is CC(C)(C)OC(=O)N1CCN(C(=O)c2ccccc2OCc2ccc(Cl)cc2)CC1. The van der Waals surface area contributed by atoms with E-state index < -0.39 is 5.60 Å². The number of piperazine rings is 1. The number of benzene rings is 2. The summed E-state index contributed by atoms with van der Waals surface area (Å²) in [4.78, 5) is 28.7. The Morgan fingerprint density at radius 1 is 0.933 bits per heavy atom. The van der Waals surface area contributed by atoms with E-state index in [4.69, 9.17) is 21.1 Å². The molecule has 2 amide bonds. The van der Waals surface area contributed by atoms with Crippen molar-refractivity contribution in [2.75, 3.05) is 26.2 Å². The van der Waals surface area contributed by atoms with Crippen LogP contribution in [0.4, 0.5) is 4.79 Å². The van der Waals surface area contributed by atoms with Gasteiger partial charge < -0.3 is 19.3 Å². The highest BCUT2D eigenvalue weighted by Crippen LogP contribution is 2.23. The van der Waals surface area contributed by atoms with E-state index in [-0.39, 0.29) is 12.0 Å². The molecule has 0 N–H and O–H groups in total. The molecule has 0 bridgehead atoms. The summed E-state index contributed by atoms with van der Waals surface area (Å²) < 4.78 is 11.3. The number of carbonyl (C=O) groups is 2. The smallest absolute Gasteiger partial charge is 0.410 e. The highest BCUT2D eigenvalue weighted by molar-refractivity contribution is 6.30. The number of ether oxygens (including phenoxy) is 2. The molecule has 1 aliphatic heterocycles. The van der Waals surface area contributed by atoms with E-state index in [0.29, 0.717) is 49.1 Å². The standard InChI is InChI=1S/C23H27ClN2O4/c1-23(2,3)30-22(28)26-14-12-25(13-15-26)21(27)19-6-4-5-7-20(19)29-16-17-8-10-18(24)11-9-17/h4-11H,12-16H2,1-3H3. The zero-order valence-electron chi connectivity index (χ0n) is 17.6. The predicted octanol–water partition coefficient (Wildman–Crippen LogP) is 4.61. The van der Waals surface area contributed by atoms with Gasteiger partial charge in [-0.25, -0.2) is 4.79 Å². The van der Waals surface area contributed by atoms with Gasteiger partial charge in [-0.05, 0) is 50.6 Å². The van der Waals surface area contributed by atoms with Gasteiger partial charge in [0.05, 0.1) is 5.56 Å². The van der Waals surface area contributed by atoms with Crippen LogP contribution in [0.1, 0.15) is 36.7 Å². The second-order valence-electron chi connectivity index (χ2n) is 8.17. The maximum atomic E-state index is 13.1. The number of rotatable bonds is 4. The number of para-hydroxylation sites is 1. The number of hydrogen-bond acceptors (Lipinski definition) is 4. The Morgan fingerprint density at radius 2 is 1.53 bits per heavy atom. The molecule has 6 nitrogen and oxygen atoms in total. The first-order valence-corrected chi connectivity index (χ1v) is 10.3. The van der Waals surface area contributed by atoms with Gasteiger partial charge in [0.2, 0.25) is 0 Å². The van der Waals surface area contributed by atoms with Crippen LogP contribution < -0.4 is 4.74 Å². The average Bonchev–Trinajstić information content (AvgIpc) is 2.72. The molecule has 1 fully saturated rings. The third-order valence-electron chi connectivity index (χ3n) is 4.64. The number of halogens is 1. The number of nitrogens with zero attached hydrogens (tertiary/aromatic N) is 2. The number of amides is 2. The largest absolute Gasteiger partial charge is 0.488 e. The van der Waals surface area contributed by atoms with Crippen molar-refractivity contribution in [2.45, 2.75) is 33.0 Å². The van der Waals surface area contributed by atoms with Gasteiger partial charge in [0.25, 0.3) is 5.91 Å². The molecule has 0 unspecified atom stereocenters. The van der Waals surface area contributed by atoms with E-state index in [0.717, 1.165) is 5.56 Å². The van der Waals surface area contributed by atoms with Crippen molar-refractivity contribution in [1.29, 1.82) is 0 Å². The summed E-state index contributed by atoms with van der Waals surface area (Å²) in [7, 11) is 0. The lowest BCUT2D eigenvalue weighted by atomic mass is 10.1. The number of hydrogen-bond donors (Lipinski definition) is 0. The van der Waals surface area contributed by atoms with Crippen LogP contribution in [0.3, 0.4) is 0 Å². The quantitative estimate of drug-likeness (QED) is 0.710. The van der Waals surface area contributed by atoms with Gasteiger partial charge in [-0.3, -0.25) is 4.79 Å². The van der Waals surface area contributed by atoms with E-state index in [9.17, 15) is 9.59 Å². The van der Waals surface area contributed by atoms with Crippen molar-refractivity contribution < 1.29 is 19.1 Å². The third-order valence-corrected chi connectivity index (χ3v) is 4.90. The van der Waals surface area contributed by atoms with E-state index in [1.165, 1.54) is 0 Å². The van der Waals surface area contributed by atoms with Crippen LogP contribution in [0.15, 0.2) is 48.5 Å². The van der Waals surface area contributed by atoms with Crippen LogP contribution in [0, 0.1) is 0 Å². The topological polar surface area (TPSA) is 59.1 Å². The fourth-order valence-electron chi connectivity index (χ4n) is 3.10. The highest BCUT2D eigenvalue weighted by atomic mass is 35.5. The van der Waals surface area contributed by atoms with E-state index in [1.807, 2.05) is 57.2 Å². The highest BCUT2D eigenvalue weighted by Gasteiger charge is 2.29. The summed E-state index contributed by atoms with van der Waals surface area (Å²) in [6.07, 6.45) is -0.346. The Bertz CT molecular complexity index is 885. The summed E-state index contributed by atoms with van der Waals surface area (Å²) >= 11 is 5.92. The van der Waals surface area contributed by atoms with Crippen LogP contribution >= 0.6 is 11.6 Å². The van der Waals surface area contributed by atoms with Crippen molar-refractivity contribution in [3.63, 3.8) is 0 Å². The first-order valence-electron chi connectivity index (χ1n) is 9.96. The molecule has 7 heteroatoms. The van der Waals surface area contributed by atoms with Crippen molar-refractivity contribution in [2.24, 2.45) is 0 Å². The average molecular weight is 431 g/mol. The Hall–Kier alpha value is -2.73. The fraction of sp³-hybridized carbons (Fsp3) is 0.391. The minimum Gasteiger partial charge on any atom is -0.488 e. The zero-order chi connectivity index (χ0) is 21.7. The molecule has 0 spiro atoms. The molecule has 3 rings (SSSR count). The minimum atomic E-state index is -0.537. The summed E-state index contributed by atoms with van der Waals surface area (Å²) in [6, 6.07) is 14.6.